The molecule has 0 spiro atoms. The molecule has 0 amide bonds. The van der Waals surface area contributed by atoms with Crippen LogP contribution in [0.15, 0.2) is 85.1 Å². The van der Waals surface area contributed by atoms with Crippen molar-refractivity contribution in [3.63, 3.8) is 0 Å². The Labute approximate surface area is 409 Å². The van der Waals surface area contributed by atoms with E-state index in [1.54, 1.807) is 0 Å². The summed E-state index contributed by atoms with van der Waals surface area (Å²) >= 11 is 0. The third-order valence-electron chi connectivity index (χ3n) is 12.2. The second kappa shape index (κ2) is 56.4. The summed E-state index contributed by atoms with van der Waals surface area (Å²) in [6.07, 6.45) is 78.8. The van der Waals surface area contributed by atoms with E-state index in [1.165, 1.54) is 154 Å². The Hall–Kier alpha value is -2.92. The molecule has 1 unspecified atom stereocenters. The Morgan fingerprint density at radius 2 is 0.606 bits per heavy atom. The lowest BCUT2D eigenvalue weighted by Crippen LogP contribution is -2.28. The van der Waals surface area contributed by atoms with Crippen LogP contribution in [0.3, 0.4) is 0 Å². The summed E-state index contributed by atoms with van der Waals surface area (Å²) in [7, 11) is 0. The van der Waals surface area contributed by atoms with Gasteiger partial charge in [-0.25, -0.2) is 0 Å². The average molecular weight is 920 g/mol. The molecule has 66 heavy (non-hydrogen) atoms. The number of ether oxygens (including phenoxy) is 2. The number of hydrogen-bond donors (Lipinski definition) is 1. The van der Waals surface area contributed by atoms with E-state index < -0.39 is 6.10 Å². The molecule has 5 heteroatoms. The molecule has 0 aliphatic heterocycles. The number of unbranched alkanes of at least 4 members (excludes halogenated alkanes) is 29. The summed E-state index contributed by atoms with van der Waals surface area (Å²) in [5.74, 6) is -0.619. The van der Waals surface area contributed by atoms with Crippen molar-refractivity contribution >= 4 is 11.9 Å². The van der Waals surface area contributed by atoms with E-state index in [0.717, 1.165) is 89.9 Å². The zero-order valence-electron chi connectivity index (χ0n) is 43.4. The van der Waals surface area contributed by atoms with Gasteiger partial charge in [-0.3, -0.25) is 9.59 Å². The summed E-state index contributed by atoms with van der Waals surface area (Å²) in [5.41, 5.74) is 0. The lowest BCUT2D eigenvalue weighted by molar-refractivity contribution is -0.161. The molecule has 0 aromatic heterocycles. The zero-order chi connectivity index (χ0) is 47.7. The number of hydrogen-bond acceptors (Lipinski definition) is 5. The SMILES string of the molecule is CC/C=C\C/C=C\C/C=C\C/C=C\CCCCCCCCCCCCCCCCCCCCCCCCCCCCC(=O)OC(CO)COC(=O)CCCCC/C=C\C/C=C\C/C=C\CC. The molecule has 0 aromatic rings. The van der Waals surface area contributed by atoms with Crippen LogP contribution in [0, 0.1) is 0 Å². The highest BCUT2D eigenvalue weighted by Gasteiger charge is 2.16. The van der Waals surface area contributed by atoms with E-state index in [0.29, 0.717) is 12.8 Å². The fraction of sp³-hybridized carbons (Fsp3) is 0.738. The average Bonchev–Trinajstić information content (AvgIpc) is 3.32. The lowest BCUT2D eigenvalue weighted by atomic mass is 10.0. The Kier molecular flexibility index (Phi) is 53.9. The number of carbonyl (C=O) groups is 2. The Balaban J connectivity index is 3.40. The maximum atomic E-state index is 12.3. The fourth-order valence-corrected chi connectivity index (χ4v) is 8.03. The van der Waals surface area contributed by atoms with Crippen LogP contribution in [0.4, 0.5) is 0 Å². The van der Waals surface area contributed by atoms with Crippen molar-refractivity contribution in [1.82, 2.24) is 0 Å². The molecule has 0 saturated carbocycles. The highest BCUT2D eigenvalue weighted by molar-refractivity contribution is 5.70. The Morgan fingerprint density at radius 3 is 0.924 bits per heavy atom. The number of allylic oxidation sites excluding steroid dienone is 14. The summed E-state index contributed by atoms with van der Waals surface area (Å²) in [6, 6.07) is 0. The molecule has 0 aliphatic carbocycles. The standard InChI is InChI=1S/C61H106O5/c1-3-5-7-9-11-13-15-17-18-19-20-21-22-23-24-25-26-27-28-29-30-31-32-33-34-35-36-37-38-39-40-41-42-44-46-48-50-52-54-56-61(64)66-59(57-62)58-65-60(63)55-53-51-49-47-45-43-16-14-12-10-8-6-4-2/h5-8,11-14,17-18,20-21,43,45,59,62H,3-4,9-10,15-16,19,22-42,44,46-58H2,1-2H3/b7-5-,8-6-,13-11-,14-12-,18-17-,21-20-,45-43-. The highest BCUT2D eigenvalue weighted by Crippen LogP contribution is 2.17. The normalized spacial score (nSPS) is 12.8. The number of rotatable bonds is 51. The van der Waals surface area contributed by atoms with Crippen LogP contribution in [0.5, 0.6) is 0 Å². The molecule has 5 nitrogen and oxygen atoms in total. The molecule has 0 rings (SSSR count). The Bertz CT molecular complexity index is 1220. The zero-order valence-corrected chi connectivity index (χ0v) is 43.4. The molecular weight excluding hydrogens is 813 g/mol. The van der Waals surface area contributed by atoms with Crippen molar-refractivity contribution in [1.29, 1.82) is 0 Å². The number of esters is 2. The van der Waals surface area contributed by atoms with Gasteiger partial charge < -0.3 is 14.6 Å². The maximum absolute atomic E-state index is 12.3. The second-order valence-electron chi connectivity index (χ2n) is 18.6. The Morgan fingerprint density at radius 1 is 0.348 bits per heavy atom. The molecule has 0 heterocycles. The molecule has 1 atom stereocenters. The van der Waals surface area contributed by atoms with Crippen LogP contribution in [-0.4, -0.2) is 36.4 Å². The molecule has 0 aliphatic rings. The van der Waals surface area contributed by atoms with E-state index in [1.807, 2.05) is 0 Å². The largest absolute Gasteiger partial charge is 0.462 e. The third-order valence-corrected chi connectivity index (χ3v) is 12.2. The smallest absolute Gasteiger partial charge is 0.306 e. The fourth-order valence-electron chi connectivity index (χ4n) is 8.03. The van der Waals surface area contributed by atoms with Crippen LogP contribution in [0.1, 0.15) is 271 Å². The van der Waals surface area contributed by atoms with Gasteiger partial charge in [0.2, 0.25) is 0 Å². The van der Waals surface area contributed by atoms with Crippen LogP contribution < -0.4 is 0 Å². The predicted molar refractivity (Wildman–Crippen MR) is 288 cm³/mol. The molecule has 380 valence electrons. The van der Waals surface area contributed by atoms with Gasteiger partial charge in [-0.1, -0.05) is 259 Å². The van der Waals surface area contributed by atoms with Gasteiger partial charge in [0, 0.05) is 12.8 Å². The highest BCUT2D eigenvalue weighted by atomic mass is 16.6. The van der Waals surface area contributed by atoms with Crippen LogP contribution >= 0.6 is 0 Å². The molecule has 0 fully saturated rings. The first-order chi connectivity index (χ1) is 32.6. The monoisotopic (exact) mass is 919 g/mol. The van der Waals surface area contributed by atoms with E-state index in [9.17, 15) is 14.7 Å². The summed E-state index contributed by atoms with van der Waals surface area (Å²) < 4.78 is 10.6. The van der Waals surface area contributed by atoms with Crippen LogP contribution in [0.2, 0.25) is 0 Å². The minimum atomic E-state index is -0.784. The van der Waals surface area contributed by atoms with Crippen molar-refractivity contribution in [2.45, 2.75) is 277 Å². The van der Waals surface area contributed by atoms with Crippen molar-refractivity contribution < 1.29 is 24.2 Å². The first-order valence-electron chi connectivity index (χ1n) is 28.1. The first-order valence-corrected chi connectivity index (χ1v) is 28.1. The second-order valence-corrected chi connectivity index (χ2v) is 18.6. The number of carbonyl (C=O) groups excluding carboxylic acids is 2. The molecule has 0 aromatic carbocycles. The quantitative estimate of drug-likeness (QED) is 0.0374. The van der Waals surface area contributed by atoms with E-state index >= 15 is 0 Å². The van der Waals surface area contributed by atoms with Gasteiger partial charge in [0.1, 0.15) is 6.61 Å². The third kappa shape index (κ3) is 53.7. The van der Waals surface area contributed by atoms with E-state index in [-0.39, 0.29) is 25.2 Å². The molecule has 1 N–H and O–H groups in total. The van der Waals surface area contributed by atoms with Crippen LogP contribution in [-0.2, 0) is 19.1 Å². The minimum absolute atomic E-state index is 0.0809. The van der Waals surface area contributed by atoms with Gasteiger partial charge in [0.05, 0.1) is 6.61 Å². The number of aliphatic hydroxyl groups is 1. The summed E-state index contributed by atoms with van der Waals surface area (Å²) in [6.45, 7) is 3.90. The van der Waals surface area contributed by atoms with E-state index in [2.05, 4.69) is 98.9 Å². The van der Waals surface area contributed by atoms with Gasteiger partial charge in [0.25, 0.3) is 0 Å². The van der Waals surface area contributed by atoms with Crippen molar-refractivity contribution in [2.75, 3.05) is 13.2 Å². The maximum Gasteiger partial charge on any atom is 0.306 e. The van der Waals surface area contributed by atoms with Gasteiger partial charge in [-0.2, -0.15) is 0 Å². The van der Waals surface area contributed by atoms with Crippen molar-refractivity contribution in [3.8, 4) is 0 Å². The molecule has 0 bridgehead atoms. The van der Waals surface area contributed by atoms with Gasteiger partial charge in [0.15, 0.2) is 6.10 Å². The topological polar surface area (TPSA) is 72.8 Å². The van der Waals surface area contributed by atoms with E-state index in [4.69, 9.17) is 9.47 Å². The predicted octanol–water partition coefficient (Wildman–Crippen LogP) is 19.0. The van der Waals surface area contributed by atoms with Crippen molar-refractivity contribution in [2.24, 2.45) is 0 Å². The van der Waals surface area contributed by atoms with Gasteiger partial charge in [-0.15, -0.1) is 0 Å². The van der Waals surface area contributed by atoms with Crippen LogP contribution in [0.25, 0.3) is 0 Å². The summed E-state index contributed by atoms with van der Waals surface area (Å²) in [4.78, 5) is 24.4. The molecular formula is C61H106O5. The van der Waals surface area contributed by atoms with Crippen molar-refractivity contribution in [3.05, 3.63) is 85.1 Å². The molecule has 0 radical (unpaired) electrons. The minimum Gasteiger partial charge on any atom is -0.462 e. The number of aliphatic hydroxyl groups excluding tert-OH is 1. The van der Waals surface area contributed by atoms with Gasteiger partial charge >= 0.3 is 11.9 Å². The molecule has 0 saturated heterocycles. The summed E-state index contributed by atoms with van der Waals surface area (Å²) in [5, 5.41) is 9.61. The van der Waals surface area contributed by atoms with Gasteiger partial charge in [-0.05, 0) is 83.5 Å². The first kappa shape index (κ1) is 63.1. The lowest BCUT2D eigenvalue weighted by Gasteiger charge is -2.15.